The zero-order valence-electron chi connectivity index (χ0n) is 6.78. The van der Waals surface area contributed by atoms with E-state index < -0.39 is 17.2 Å². The first-order valence-electron chi connectivity index (χ1n) is 3.53. The van der Waals surface area contributed by atoms with E-state index in [0.29, 0.717) is 0 Å². The van der Waals surface area contributed by atoms with Crippen LogP contribution in [0.2, 0.25) is 0 Å². The summed E-state index contributed by atoms with van der Waals surface area (Å²) < 4.78 is 24.6. The van der Waals surface area contributed by atoms with Gasteiger partial charge in [0.25, 0.3) is 6.43 Å². The van der Waals surface area contributed by atoms with Gasteiger partial charge in [-0.25, -0.2) is 8.78 Å². The van der Waals surface area contributed by atoms with Gasteiger partial charge in [0.2, 0.25) is 0 Å². The second kappa shape index (κ2) is 4.41. The number of rotatable bonds is 3. The van der Waals surface area contributed by atoms with Gasteiger partial charge in [0.15, 0.2) is 0 Å². The van der Waals surface area contributed by atoms with Gasteiger partial charge in [0, 0.05) is 11.4 Å². The average Bonchev–Trinajstić information content (AvgIpc) is 2.16. The molecule has 0 N–H and O–H groups in total. The predicted octanol–water partition coefficient (Wildman–Crippen LogP) is 2.82. The minimum absolute atomic E-state index is 0.135. The SMILES string of the molecule is O=[N+]([O-])c1cc(CBr)c(C(F)F)cn1. The highest BCUT2D eigenvalue weighted by Gasteiger charge is 2.18. The Labute approximate surface area is 86.2 Å². The largest absolute Gasteiger partial charge is 0.363 e. The smallest absolute Gasteiger partial charge is 0.358 e. The van der Waals surface area contributed by atoms with Crippen LogP contribution >= 0.6 is 15.9 Å². The maximum absolute atomic E-state index is 12.3. The zero-order valence-corrected chi connectivity index (χ0v) is 8.37. The second-order valence-corrected chi connectivity index (χ2v) is 2.99. The van der Waals surface area contributed by atoms with Crippen LogP contribution in [0.1, 0.15) is 17.6 Å². The third-order valence-electron chi connectivity index (χ3n) is 1.58. The van der Waals surface area contributed by atoms with E-state index in [0.717, 1.165) is 12.3 Å². The van der Waals surface area contributed by atoms with Crippen molar-refractivity contribution in [3.63, 3.8) is 0 Å². The van der Waals surface area contributed by atoms with Gasteiger partial charge < -0.3 is 10.1 Å². The monoisotopic (exact) mass is 266 g/mol. The van der Waals surface area contributed by atoms with E-state index in [-0.39, 0.29) is 16.5 Å². The molecule has 0 saturated carbocycles. The summed E-state index contributed by atoms with van der Waals surface area (Å²) >= 11 is 2.98. The van der Waals surface area contributed by atoms with Gasteiger partial charge in [0.05, 0.1) is 5.56 Å². The minimum Gasteiger partial charge on any atom is -0.358 e. The van der Waals surface area contributed by atoms with Crippen molar-refractivity contribution in [2.24, 2.45) is 0 Å². The molecule has 0 amide bonds. The first-order chi connectivity index (χ1) is 6.56. The van der Waals surface area contributed by atoms with Crippen LogP contribution in [-0.2, 0) is 5.33 Å². The molecule has 7 heteroatoms. The van der Waals surface area contributed by atoms with Crippen LogP contribution in [0.25, 0.3) is 0 Å². The topological polar surface area (TPSA) is 56.0 Å². The summed E-state index contributed by atoms with van der Waals surface area (Å²) in [5, 5.41) is 10.4. The lowest BCUT2D eigenvalue weighted by atomic mass is 10.1. The Bertz CT molecular complexity index is 360. The fourth-order valence-corrected chi connectivity index (χ4v) is 1.39. The standard InChI is InChI=1S/C7H5BrF2N2O2/c8-2-4-1-6(12(13)14)11-3-5(4)7(9)10/h1,3,7H,2H2. The van der Waals surface area contributed by atoms with Crippen molar-refractivity contribution in [1.82, 2.24) is 4.98 Å². The van der Waals surface area contributed by atoms with E-state index in [1.54, 1.807) is 0 Å². The number of aromatic nitrogens is 1. The van der Waals surface area contributed by atoms with Gasteiger partial charge in [-0.2, -0.15) is 0 Å². The lowest BCUT2D eigenvalue weighted by Gasteiger charge is -2.02. The molecule has 1 rings (SSSR count). The van der Waals surface area contributed by atoms with E-state index in [1.165, 1.54) is 0 Å². The maximum Gasteiger partial charge on any atom is 0.363 e. The summed E-state index contributed by atoms with van der Waals surface area (Å²) in [7, 11) is 0. The van der Waals surface area contributed by atoms with E-state index in [9.17, 15) is 18.9 Å². The van der Waals surface area contributed by atoms with Crippen LogP contribution < -0.4 is 0 Å². The van der Waals surface area contributed by atoms with Crippen LogP contribution in [-0.4, -0.2) is 9.91 Å². The van der Waals surface area contributed by atoms with E-state index >= 15 is 0 Å². The Balaban J connectivity index is 3.18. The quantitative estimate of drug-likeness (QED) is 0.480. The molecule has 0 saturated heterocycles. The Hall–Kier alpha value is -1.11. The van der Waals surface area contributed by atoms with Gasteiger partial charge in [-0.15, -0.1) is 0 Å². The number of hydrogen-bond acceptors (Lipinski definition) is 3. The normalized spacial score (nSPS) is 10.6. The highest BCUT2D eigenvalue weighted by molar-refractivity contribution is 9.08. The van der Waals surface area contributed by atoms with Crippen molar-refractivity contribution >= 4 is 21.7 Å². The van der Waals surface area contributed by atoms with Crippen molar-refractivity contribution < 1.29 is 13.7 Å². The van der Waals surface area contributed by atoms with Crippen molar-refractivity contribution in [2.45, 2.75) is 11.8 Å². The van der Waals surface area contributed by atoms with E-state index in [4.69, 9.17) is 0 Å². The molecule has 0 aliphatic rings. The van der Waals surface area contributed by atoms with Crippen LogP contribution in [0.4, 0.5) is 14.6 Å². The fourth-order valence-electron chi connectivity index (χ4n) is 0.907. The summed E-state index contributed by atoms with van der Waals surface area (Å²) in [4.78, 5) is 12.9. The Morgan fingerprint density at radius 1 is 1.64 bits per heavy atom. The molecule has 0 atom stereocenters. The van der Waals surface area contributed by atoms with Crippen LogP contribution in [0.15, 0.2) is 12.3 Å². The summed E-state index contributed by atoms with van der Waals surface area (Å²) in [5.74, 6) is -0.427. The van der Waals surface area contributed by atoms with Gasteiger partial charge >= 0.3 is 5.82 Å². The third kappa shape index (κ3) is 2.22. The third-order valence-corrected chi connectivity index (χ3v) is 2.18. The lowest BCUT2D eigenvalue weighted by molar-refractivity contribution is -0.389. The molecule has 0 aromatic carbocycles. The first-order valence-corrected chi connectivity index (χ1v) is 4.65. The van der Waals surface area contributed by atoms with Crippen LogP contribution in [0.5, 0.6) is 0 Å². The van der Waals surface area contributed by atoms with Gasteiger partial charge in [-0.1, -0.05) is 15.9 Å². The summed E-state index contributed by atoms with van der Waals surface area (Å²) in [6.45, 7) is 0. The maximum atomic E-state index is 12.3. The molecule has 0 bridgehead atoms. The lowest BCUT2D eigenvalue weighted by Crippen LogP contribution is -1.98. The second-order valence-electron chi connectivity index (χ2n) is 2.43. The van der Waals surface area contributed by atoms with E-state index in [1.807, 2.05) is 0 Å². The molecule has 0 aliphatic carbocycles. The summed E-state index contributed by atoms with van der Waals surface area (Å²) in [6, 6.07) is 1.04. The zero-order chi connectivity index (χ0) is 10.7. The molecule has 76 valence electrons. The molecule has 0 radical (unpaired) electrons. The number of nitro groups is 1. The molecule has 1 heterocycles. The Kier molecular flexibility index (Phi) is 3.45. The fraction of sp³-hybridized carbons (Fsp3) is 0.286. The highest BCUT2D eigenvalue weighted by Crippen LogP contribution is 2.26. The molecule has 1 aromatic rings. The molecule has 0 fully saturated rings. The number of halogens is 3. The molecular weight excluding hydrogens is 262 g/mol. The molecule has 0 unspecified atom stereocenters. The Morgan fingerprint density at radius 3 is 2.71 bits per heavy atom. The highest BCUT2D eigenvalue weighted by atomic mass is 79.9. The van der Waals surface area contributed by atoms with Crippen LogP contribution in [0, 0.1) is 10.1 Å². The molecule has 4 nitrogen and oxygen atoms in total. The molecular formula is C7H5BrF2N2O2. The molecule has 0 spiro atoms. The van der Waals surface area contributed by atoms with Crippen molar-refractivity contribution in [1.29, 1.82) is 0 Å². The molecule has 0 aliphatic heterocycles. The van der Waals surface area contributed by atoms with Crippen LogP contribution in [0.3, 0.4) is 0 Å². The predicted molar refractivity (Wildman–Crippen MR) is 48.5 cm³/mol. The Morgan fingerprint density at radius 2 is 2.29 bits per heavy atom. The van der Waals surface area contributed by atoms with Crippen molar-refractivity contribution in [3.8, 4) is 0 Å². The number of pyridine rings is 1. The summed E-state index contributed by atoms with van der Waals surface area (Å²) in [5.41, 5.74) is -0.103. The van der Waals surface area contributed by atoms with E-state index in [2.05, 4.69) is 20.9 Å². The number of nitrogens with zero attached hydrogens (tertiary/aromatic N) is 2. The number of hydrogen-bond donors (Lipinski definition) is 0. The average molecular weight is 267 g/mol. The molecule has 1 aromatic heterocycles. The molecule has 14 heavy (non-hydrogen) atoms. The number of alkyl halides is 3. The van der Waals surface area contributed by atoms with Gasteiger partial charge in [0.1, 0.15) is 6.20 Å². The van der Waals surface area contributed by atoms with Gasteiger partial charge in [-0.05, 0) is 15.5 Å². The van der Waals surface area contributed by atoms with Crippen molar-refractivity contribution in [2.75, 3.05) is 0 Å². The van der Waals surface area contributed by atoms with Crippen molar-refractivity contribution in [3.05, 3.63) is 33.5 Å². The van der Waals surface area contributed by atoms with Gasteiger partial charge in [-0.3, -0.25) is 0 Å². The summed E-state index contributed by atoms with van der Waals surface area (Å²) in [6.07, 6.45) is -1.84. The minimum atomic E-state index is -2.67. The first kappa shape index (κ1) is 11.0.